The zero-order chi connectivity index (χ0) is 14.2. The molecule has 0 aliphatic rings. The Morgan fingerprint density at radius 1 is 1.05 bits per heavy atom. The van der Waals surface area contributed by atoms with Crippen LogP contribution in [0.2, 0.25) is 0 Å². The lowest BCUT2D eigenvalue weighted by Crippen LogP contribution is -2.34. The fourth-order valence-electron chi connectivity index (χ4n) is 2.14. The third-order valence-electron chi connectivity index (χ3n) is 3.26. The van der Waals surface area contributed by atoms with Gasteiger partial charge in [-0.15, -0.1) is 0 Å². The molecule has 2 aromatic carbocycles. The molecule has 0 amide bonds. The molecule has 0 aromatic heterocycles. The summed E-state index contributed by atoms with van der Waals surface area (Å²) in [7, 11) is 0. The van der Waals surface area contributed by atoms with Gasteiger partial charge in [-0.25, -0.2) is 0 Å². The Labute approximate surface area is 119 Å². The maximum atomic E-state index is 9.46. The lowest BCUT2D eigenvalue weighted by molar-refractivity contribution is 0.241. The Kier molecular flexibility index (Phi) is 5.31. The first-order valence-electron chi connectivity index (χ1n) is 6.69. The zero-order valence-corrected chi connectivity index (χ0v) is 11.3. The molecule has 2 N–H and O–H groups in total. The summed E-state index contributed by atoms with van der Waals surface area (Å²) in [6.07, 6.45) is 0.770. The van der Waals surface area contributed by atoms with E-state index in [1.807, 2.05) is 54.6 Å². The molecule has 1 atom stereocenters. The minimum Gasteiger partial charge on any atom is -0.395 e. The van der Waals surface area contributed by atoms with Gasteiger partial charge in [0.15, 0.2) is 0 Å². The SMILES string of the molecule is N#Cc1ccccc1CN[C@H](CO)Cc1ccccc1. The van der Waals surface area contributed by atoms with E-state index in [0.29, 0.717) is 12.1 Å². The van der Waals surface area contributed by atoms with Crippen molar-refractivity contribution in [2.75, 3.05) is 6.61 Å². The van der Waals surface area contributed by atoms with Gasteiger partial charge >= 0.3 is 0 Å². The smallest absolute Gasteiger partial charge is 0.0995 e. The van der Waals surface area contributed by atoms with Gasteiger partial charge in [0.25, 0.3) is 0 Å². The van der Waals surface area contributed by atoms with Crippen molar-refractivity contribution >= 4 is 0 Å². The zero-order valence-electron chi connectivity index (χ0n) is 11.3. The van der Waals surface area contributed by atoms with E-state index in [1.165, 1.54) is 5.56 Å². The van der Waals surface area contributed by atoms with Crippen LogP contribution in [0, 0.1) is 11.3 Å². The fraction of sp³-hybridized carbons (Fsp3) is 0.235. The average Bonchev–Trinajstić information content (AvgIpc) is 2.52. The van der Waals surface area contributed by atoms with Gasteiger partial charge in [0.05, 0.1) is 18.2 Å². The van der Waals surface area contributed by atoms with Crippen molar-refractivity contribution in [3.8, 4) is 6.07 Å². The van der Waals surface area contributed by atoms with Crippen LogP contribution in [0.15, 0.2) is 54.6 Å². The molecule has 0 fully saturated rings. The Bertz CT molecular complexity index is 575. The monoisotopic (exact) mass is 266 g/mol. The summed E-state index contributed by atoms with van der Waals surface area (Å²) in [4.78, 5) is 0. The summed E-state index contributed by atoms with van der Waals surface area (Å²) in [6.45, 7) is 0.658. The van der Waals surface area contributed by atoms with Crippen molar-refractivity contribution in [2.45, 2.75) is 19.0 Å². The average molecular weight is 266 g/mol. The molecular formula is C17H18N2O. The molecule has 0 saturated carbocycles. The number of hydrogen-bond acceptors (Lipinski definition) is 3. The highest BCUT2D eigenvalue weighted by Gasteiger charge is 2.09. The fourth-order valence-corrected chi connectivity index (χ4v) is 2.14. The molecule has 20 heavy (non-hydrogen) atoms. The van der Waals surface area contributed by atoms with Gasteiger partial charge in [0.2, 0.25) is 0 Å². The summed E-state index contributed by atoms with van der Waals surface area (Å²) in [5, 5.41) is 21.8. The van der Waals surface area contributed by atoms with E-state index in [2.05, 4.69) is 11.4 Å². The third kappa shape index (κ3) is 3.92. The molecule has 0 unspecified atom stereocenters. The van der Waals surface area contributed by atoms with Gasteiger partial charge in [-0.1, -0.05) is 48.5 Å². The summed E-state index contributed by atoms with van der Waals surface area (Å²) in [5.41, 5.74) is 2.82. The Hall–Kier alpha value is -2.15. The van der Waals surface area contributed by atoms with Gasteiger partial charge in [-0.05, 0) is 23.6 Å². The van der Waals surface area contributed by atoms with Crippen molar-refractivity contribution in [3.05, 3.63) is 71.3 Å². The summed E-state index contributed by atoms with van der Waals surface area (Å²) in [5.74, 6) is 0. The summed E-state index contributed by atoms with van der Waals surface area (Å²) < 4.78 is 0. The molecule has 102 valence electrons. The minimum absolute atomic E-state index is 0.0100. The standard InChI is InChI=1S/C17H18N2O/c18-11-15-8-4-5-9-16(15)12-19-17(13-20)10-14-6-2-1-3-7-14/h1-9,17,19-20H,10,12-13H2/t17-/m0/s1. The maximum absolute atomic E-state index is 9.46. The number of nitrogens with zero attached hydrogens (tertiary/aromatic N) is 1. The van der Waals surface area contributed by atoms with Crippen molar-refractivity contribution < 1.29 is 5.11 Å². The predicted octanol–water partition coefficient (Wildman–Crippen LogP) is 2.25. The van der Waals surface area contributed by atoms with E-state index in [4.69, 9.17) is 5.26 Å². The molecule has 0 aliphatic carbocycles. The second kappa shape index (κ2) is 7.44. The Morgan fingerprint density at radius 3 is 2.45 bits per heavy atom. The number of nitriles is 1. The van der Waals surface area contributed by atoms with Gasteiger partial charge in [-0.2, -0.15) is 5.26 Å². The van der Waals surface area contributed by atoms with E-state index in [9.17, 15) is 5.11 Å². The van der Waals surface area contributed by atoms with Crippen LogP contribution in [0.5, 0.6) is 0 Å². The van der Waals surface area contributed by atoms with Crippen LogP contribution >= 0.6 is 0 Å². The molecule has 0 aliphatic heterocycles. The van der Waals surface area contributed by atoms with Crippen LogP contribution in [0.3, 0.4) is 0 Å². The van der Waals surface area contributed by atoms with E-state index in [-0.39, 0.29) is 12.6 Å². The maximum Gasteiger partial charge on any atom is 0.0995 e. The Balaban J connectivity index is 1.96. The molecule has 0 heterocycles. The van der Waals surface area contributed by atoms with Crippen molar-refractivity contribution in [2.24, 2.45) is 0 Å². The van der Waals surface area contributed by atoms with Crippen molar-refractivity contribution in [3.63, 3.8) is 0 Å². The molecule has 0 radical (unpaired) electrons. The highest BCUT2D eigenvalue weighted by molar-refractivity contribution is 5.37. The number of nitrogens with one attached hydrogen (secondary N) is 1. The quantitative estimate of drug-likeness (QED) is 0.843. The topological polar surface area (TPSA) is 56.0 Å². The number of rotatable bonds is 6. The molecular weight excluding hydrogens is 248 g/mol. The number of aliphatic hydroxyl groups excluding tert-OH is 1. The number of aliphatic hydroxyl groups is 1. The molecule has 2 aromatic rings. The van der Waals surface area contributed by atoms with E-state index in [0.717, 1.165) is 12.0 Å². The van der Waals surface area contributed by atoms with Crippen LogP contribution in [-0.2, 0) is 13.0 Å². The second-order valence-electron chi connectivity index (χ2n) is 4.72. The van der Waals surface area contributed by atoms with Crippen LogP contribution in [0.1, 0.15) is 16.7 Å². The van der Waals surface area contributed by atoms with Gasteiger partial charge in [0, 0.05) is 12.6 Å². The lowest BCUT2D eigenvalue weighted by atomic mass is 10.0. The van der Waals surface area contributed by atoms with Crippen LogP contribution in [0.4, 0.5) is 0 Å². The van der Waals surface area contributed by atoms with Gasteiger partial charge < -0.3 is 10.4 Å². The van der Waals surface area contributed by atoms with E-state index < -0.39 is 0 Å². The van der Waals surface area contributed by atoms with Crippen molar-refractivity contribution in [1.82, 2.24) is 5.32 Å². The highest BCUT2D eigenvalue weighted by Crippen LogP contribution is 2.08. The highest BCUT2D eigenvalue weighted by atomic mass is 16.3. The normalized spacial score (nSPS) is 11.8. The third-order valence-corrected chi connectivity index (χ3v) is 3.26. The molecule has 2 rings (SSSR count). The summed E-state index contributed by atoms with van der Waals surface area (Å²) in [6, 6.07) is 19.8. The molecule has 0 spiro atoms. The van der Waals surface area contributed by atoms with Crippen LogP contribution < -0.4 is 5.32 Å². The Morgan fingerprint density at radius 2 is 1.75 bits per heavy atom. The van der Waals surface area contributed by atoms with E-state index >= 15 is 0 Å². The van der Waals surface area contributed by atoms with Crippen molar-refractivity contribution in [1.29, 1.82) is 5.26 Å². The molecule has 3 heteroatoms. The first-order chi connectivity index (χ1) is 9.83. The van der Waals surface area contributed by atoms with E-state index in [1.54, 1.807) is 0 Å². The molecule has 0 saturated heterocycles. The van der Waals surface area contributed by atoms with Gasteiger partial charge in [-0.3, -0.25) is 0 Å². The molecule has 3 nitrogen and oxygen atoms in total. The first kappa shape index (κ1) is 14.3. The predicted molar refractivity (Wildman–Crippen MR) is 79.0 cm³/mol. The largest absolute Gasteiger partial charge is 0.395 e. The number of hydrogen-bond donors (Lipinski definition) is 2. The first-order valence-corrected chi connectivity index (χ1v) is 6.69. The molecule has 0 bridgehead atoms. The van der Waals surface area contributed by atoms with Crippen LogP contribution in [-0.4, -0.2) is 17.8 Å². The second-order valence-corrected chi connectivity index (χ2v) is 4.72. The minimum atomic E-state index is -0.0100. The van der Waals surface area contributed by atoms with Gasteiger partial charge in [0.1, 0.15) is 0 Å². The number of benzene rings is 2. The summed E-state index contributed by atoms with van der Waals surface area (Å²) >= 11 is 0. The lowest BCUT2D eigenvalue weighted by Gasteiger charge is -2.17. The van der Waals surface area contributed by atoms with Crippen LogP contribution in [0.25, 0.3) is 0 Å².